The van der Waals surface area contributed by atoms with Crippen molar-refractivity contribution in [3.8, 4) is 11.3 Å². The summed E-state index contributed by atoms with van der Waals surface area (Å²) in [6.07, 6.45) is 3.34. The molecule has 0 unspecified atom stereocenters. The second-order valence-electron chi connectivity index (χ2n) is 10.2. The van der Waals surface area contributed by atoms with Crippen molar-refractivity contribution in [3.63, 3.8) is 0 Å². The number of carbonyl (C=O) groups excluding carboxylic acids is 2. The number of amides is 2. The first-order valence-electron chi connectivity index (χ1n) is 13.1. The second kappa shape index (κ2) is 9.30. The van der Waals surface area contributed by atoms with Gasteiger partial charge in [0.2, 0.25) is 11.9 Å². The molecule has 0 spiro atoms. The molecule has 4 heterocycles. The molecule has 1 aliphatic carbocycles. The minimum Gasteiger partial charge on any atom is -0.356 e. The number of piperidine rings is 1. The lowest BCUT2D eigenvalue weighted by Gasteiger charge is -2.31. The van der Waals surface area contributed by atoms with Crippen LogP contribution in [0.5, 0.6) is 0 Å². The number of nitrogens with zero attached hydrogens (tertiary/aromatic N) is 5. The number of fused-ring (bicyclic) bond motifs is 2. The molecule has 1 aliphatic heterocycles. The quantitative estimate of drug-likeness (QED) is 0.345. The first kappa shape index (κ1) is 23.5. The third kappa shape index (κ3) is 4.41. The molecule has 9 nitrogen and oxygen atoms in total. The molecule has 2 amide bonds. The summed E-state index contributed by atoms with van der Waals surface area (Å²) in [7, 11) is 0. The number of halogens is 1. The summed E-state index contributed by atoms with van der Waals surface area (Å²) < 4.78 is 20.5. The van der Waals surface area contributed by atoms with E-state index in [-0.39, 0.29) is 29.5 Å². The van der Waals surface area contributed by atoms with Gasteiger partial charge in [0.05, 0.1) is 11.4 Å². The summed E-state index contributed by atoms with van der Waals surface area (Å²) in [5, 5.41) is 12.3. The summed E-state index contributed by atoms with van der Waals surface area (Å²) in [4.78, 5) is 31.7. The average Bonchev–Trinajstić information content (AvgIpc) is 3.61. The van der Waals surface area contributed by atoms with E-state index in [4.69, 9.17) is 4.52 Å². The molecule has 2 aromatic carbocycles. The summed E-state index contributed by atoms with van der Waals surface area (Å²) in [6, 6.07) is 17.6. The van der Waals surface area contributed by atoms with Crippen molar-refractivity contribution in [2.75, 3.05) is 18.4 Å². The number of likely N-dealkylation sites (tertiary alicyclic amines) is 1. The topological polar surface area (TPSA) is 106 Å². The fourth-order valence-corrected chi connectivity index (χ4v) is 5.28. The Morgan fingerprint density at radius 2 is 1.77 bits per heavy atom. The van der Waals surface area contributed by atoms with Crippen molar-refractivity contribution < 1.29 is 18.5 Å². The summed E-state index contributed by atoms with van der Waals surface area (Å²) >= 11 is 0. The number of hydrogen-bond donors (Lipinski definition) is 1. The highest BCUT2D eigenvalue weighted by Crippen LogP contribution is 2.33. The van der Waals surface area contributed by atoms with Gasteiger partial charge in [0.15, 0.2) is 11.2 Å². The highest BCUT2D eigenvalue weighted by Gasteiger charge is 2.30. The first-order chi connectivity index (χ1) is 19.0. The van der Waals surface area contributed by atoms with Gasteiger partial charge in [0, 0.05) is 47.5 Å². The van der Waals surface area contributed by atoms with Crippen LogP contribution in [0.3, 0.4) is 0 Å². The number of anilines is 1. The molecule has 2 fully saturated rings. The Bertz CT molecular complexity index is 1710. The van der Waals surface area contributed by atoms with Crippen molar-refractivity contribution in [1.29, 1.82) is 0 Å². The van der Waals surface area contributed by atoms with Gasteiger partial charge in [-0.3, -0.25) is 14.9 Å². The molecule has 0 bridgehead atoms. The monoisotopic (exact) mass is 524 g/mol. The van der Waals surface area contributed by atoms with Crippen LogP contribution in [0.4, 0.5) is 10.3 Å². The van der Waals surface area contributed by atoms with Gasteiger partial charge < -0.3 is 9.42 Å². The van der Waals surface area contributed by atoms with Crippen molar-refractivity contribution in [2.24, 2.45) is 5.92 Å². The molecule has 0 atom stereocenters. The highest BCUT2D eigenvalue weighted by atomic mass is 19.1. The van der Waals surface area contributed by atoms with E-state index >= 15 is 0 Å². The Morgan fingerprint density at radius 1 is 0.974 bits per heavy atom. The number of aromatic nitrogens is 4. The van der Waals surface area contributed by atoms with Gasteiger partial charge in [0.25, 0.3) is 5.91 Å². The van der Waals surface area contributed by atoms with Gasteiger partial charge in [-0.05, 0) is 62.1 Å². The van der Waals surface area contributed by atoms with Crippen LogP contribution in [-0.2, 0) is 4.79 Å². The van der Waals surface area contributed by atoms with E-state index in [0.29, 0.717) is 35.8 Å². The third-order valence-corrected chi connectivity index (χ3v) is 7.60. The van der Waals surface area contributed by atoms with Crippen molar-refractivity contribution in [1.82, 2.24) is 24.7 Å². The molecule has 10 heteroatoms. The van der Waals surface area contributed by atoms with Gasteiger partial charge in [-0.1, -0.05) is 23.4 Å². The summed E-state index contributed by atoms with van der Waals surface area (Å²) in [5.74, 6) is 0.114. The van der Waals surface area contributed by atoms with E-state index in [1.807, 2.05) is 47.4 Å². The SMILES string of the molecule is O=C(Nc1nc2cccc(-c3ccc(C(=O)N4CCC(c5noc6cc(F)ccc56)CC4)cc3)n2n1)C1CC1. The van der Waals surface area contributed by atoms with E-state index < -0.39 is 0 Å². The average molecular weight is 525 g/mol. The smallest absolute Gasteiger partial charge is 0.253 e. The summed E-state index contributed by atoms with van der Waals surface area (Å²) in [5.41, 5.74) is 4.22. The predicted molar refractivity (Wildman–Crippen MR) is 142 cm³/mol. The molecular formula is C29H25FN6O3. The Morgan fingerprint density at radius 3 is 2.54 bits per heavy atom. The lowest BCUT2D eigenvalue weighted by Crippen LogP contribution is -2.38. The number of benzene rings is 2. The third-order valence-electron chi connectivity index (χ3n) is 7.60. The van der Waals surface area contributed by atoms with E-state index in [2.05, 4.69) is 20.6 Å². The van der Waals surface area contributed by atoms with E-state index in [9.17, 15) is 14.0 Å². The van der Waals surface area contributed by atoms with E-state index in [0.717, 1.165) is 48.0 Å². The molecule has 1 N–H and O–H groups in total. The molecule has 196 valence electrons. The van der Waals surface area contributed by atoms with Gasteiger partial charge in [-0.2, -0.15) is 4.98 Å². The number of hydrogen-bond acceptors (Lipinski definition) is 6. The number of pyridine rings is 1. The first-order valence-corrected chi connectivity index (χ1v) is 13.1. The molecule has 0 radical (unpaired) electrons. The number of nitrogens with one attached hydrogen (secondary N) is 1. The van der Waals surface area contributed by atoms with Gasteiger partial charge in [0.1, 0.15) is 5.82 Å². The van der Waals surface area contributed by atoms with Crippen LogP contribution in [0.25, 0.3) is 27.9 Å². The maximum absolute atomic E-state index is 13.5. The zero-order valence-electron chi connectivity index (χ0n) is 21.0. The fraction of sp³-hybridized carbons (Fsp3) is 0.276. The van der Waals surface area contributed by atoms with Gasteiger partial charge in [-0.15, -0.1) is 5.10 Å². The second-order valence-corrected chi connectivity index (χ2v) is 10.2. The minimum atomic E-state index is -0.350. The summed E-state index contributed by atoms with van der Waals surface area (Å²) in [6.45, 7) is 1.21. The molecule has 7 rings (SSSR count). The molecular weight excluding hydrogens is 499 g/mol. The van der Waals surface area contributed by atoms with Crippen molar-refractivity contribution in [2.45, 2.75) is 31.6 Å². The standard InChI is InChI=1S/C29H25FN6O3/c30-21-10-11-22-24(16-21)39-34-26(22)18-12-14-35(15-13-18)28(38)20-8-4-17(5-9-20)23-2-1-3-25-31-29(33-36(23)25)32-27(37)19-6-7-19/h1-5,8-11,16,18-19H,6-7,12-15H2,(H,32,33,37). The molecule has 1 saturated heterocycles. The predicted octanol–water partition coefficient (Wildman–Crippen LogP) is 5.04. The van der Waals surface area contributed by atoms with Crippen LogP contribution in [0.1, 0.15) is 47.7 Å². The van der Waals surface area contributed by atoms with Gasteiger partial charge >= 0.3 is 0 Å². The largest absolute Gasteiger partial charge is 0.356 e. The zero-order valence-corrected chi connectivity index (χ0v) is 21.0. The van der Waals surface area contributed by atoms with E-state index in [1.54, 1.807) is 10.6 Å². The lowest BCUT2D eigenvalue weighted by atomic mass is 9.91. The lowest BCUT2D eigenvalue weighted by molar-refractivity contribution is -0.117. The normalized spacial score (nSPS) is 16.2. The Labute approximate surface area is 222 Å². The van der Waals surface area contributed by atoms with Crippen LogP contribution in [0.15, 0.2) is 65.2 Å². The van der Waals surface area contributed by atoms with E-state index in [1.165, 1.54) is 12.1 Å². The maximum atomic E-state index is 13.5. The molecule has 1 saturated carbocycles. The molecule has 5 aromatic rings. The minimum absolute atomic E-state index is 0.0175. The van der Waals surface area contributed by atoms with Crippen molar-refractivity contribution in [3.05, 3.63) is 77.7 Å². The van der Waals surface area contributed by atoms with Crippen LogP contribution >= 0.6 is 0 Å². The highest BCUT2D eigenvalue weighted by molar-refractivity contribution is 5.95. The molecule has 2 aliphatic rings. The zero-order chi connectivity index (χ0) is 26.5. The maximum Gasteiger partial charge on any atom is 0.253 e. The number of rotatable bonds is 5. The Kier molecular flexibility index (Phi) is 5.61. The number of carbonyl (C=O) groups is 2. The Hall–Kier alpha value is -4.60. The molecule has 3 aromatic heterocycles. The van der Waals surface area contributed by atoms with Crippen LogP contribution in [0, 0.1) is 11.7 Å². The van der Waals surface area contributed by atoms with Crippen LogP contribution in [-0.4, -0.2) is 49.6 Å². The van der Waals surface area contributed by atoms with Crippen LogP contribution < -0.4 is 5.32 Å². The van der Waals surface area contributed by atoms with Crippen molar-refractivity contribution >= 4 is 34.4 Å². The van der Waals surface area contributed by atoms with Gasteiger partial charge in [-0.25, -0.2) is 8.91 Å². The molecule has 39 heavy (non-hydrogen) atoms. The Balaban J connectivity index is 1.04. The van der Waals surface area contributed by atoms with Crippen LogP contribution in [0.2, 0.25) is 0 Å². The fourth-order valence-electron chi connectivity index (χ4n) is 5.28.